The molecule has 2 heterocycles. The third kappa shape index (κ3) is 4.19. The molecule has 162 valence electrons. The van der Waals surface area contributed by atoms with Crippen LogP contribution >= 0.6 is 0 Å². The maximum atomic E-state index is 12.8. The van der Waals surface area contributed by atoms with Crippen LogP contribution in [0.1, 0.15) is 19.3 Å². The van der Waals surface area contributed by atoms with Crippen LogP contribution in [-0.4, -0.2) is 45.0 Å². The number of nitrogens with one attached hydrogen (secondary N) is 1. The number of carbonyl (C=O) groups is 3. The molecule has 2 aromatic rings. The van der Waals surface area contributed by atoms with Gasteiger partial charge >= 0.3 is 0 Å². The molecule has 2 aliphatic heterocycles. The molecule has 1 atom stereocenters. The van der Waals surface area contributed by atoms with Gasteiger partial charge in [-0.05, 0) is 42.8 Å². The first-order valence-corrected chi connectivity index (χ1v) is 10.2. The van der Waals surface area contributed by atoms with E-state index in [1.807, 2.05) is 12.1 Å². The fourth-order valence-corrected chi connectivity index (χ4v) is 4.01. The molecule has 2 aliphatic rings. The molecule has 0 spiro atoms. The number of hydrogen-bond donors (Lipinski definition) is 1. The zero-order chi connectivity index (χ0) is 22.0. The van der Waals surface area contributed by atoms with E-state index in [9.17, 15) is 14.4 Å². The summed E-state index contributed by atoms with van der Waals surface area (Å²) in [7, 11) is 3.09. The smallest absolute Gasteiger partial charge is 0.229 e. The summed E-state index contributed by atoms with van der Waals surface area (Å²) < 4.78 is 10.6. The number of benzene rings is 2. The van der Waals surface area contributed by atoms with Gasteiger partial charge in [-0.2, -0.15) is 0 Å². The number of anilines is 3. The van der Waals surface area contributed by atoms with Crippen LogP contribution < -0.4 is 24.6 Å². The van der Waals surface area contributed by atoms with Crippen molar-refractivity contribution >= 4 is 34.8 Å². The first-order chi connectivity index (χ1) is 15.0. The molecular weight excluding hydrogens is 398 g/mol. The Kier molecular flexibility index (Phi) is 5.79. The molecule has 2 saturated heterocycles. The number of methoxy groups -OCH3 is 2. The molecule has 0 aromatic heterocycles. The second kappa shape index (κ2) is 8.67. The lowest BCUT2D eigenvalue weighted by Gasteiger charge is -2.20. The molecule has 8 heteroatoms. The normalized spacial score (nSPS) is 18.5. The zero-order valence-corrected chi connectivity index (χ0v) is 17.6. The van der Waals surface area contributed by atoms with E-state index in [1.54, 1.807) is 47.2 Å². The van der Waals surface area contributed by atoms with Crippen molar-refractivity contribution in [1.29, 1.82) is 0 Å². The molecule has 8 nitrogen and oxygen atoms in total. The van der Waals surface area contributed by atoms with E-state index in [-0.39, 0.29) is 30.7 Å². The number of nitrogens with zero attached hydrogens (tertiary/aromatic N) is 2. The van der Waals surface area contributed by atoms with E-state index >= 15 is 0 Å². The number of carbonyl (C=O) groups excluding carboxylic acids is 3. The first-order valence-electron chi connectivity index (χ1n) is 10.2. The number of ether oxygens (including phenoxy) is 2. The van der Waals surface area contributed by atoms with Gasteiger partial charge in [0.2, 0.25) is 17.7 Å². The highest BCUT2D eigenvalue weighted by Crippen LogP contribution is 2.36. The van der Waals surface area contributed by atoms with Crippen molar-refractivity contribution in [3.8, 4) is 11.5 Å². The first kappa shape index (κ1) is 20.7. The predicted molar refractivity (Wildman–Crippen MR) is 117 cm³/mol. The quantitative estimate of drug-likeness (QED) is 0.772. The molecule has 0 unspecified atom stereocenters. The van der Waals surface area contributed by atoms with Gasteiger partial charge in [-0.25, -0.2) is 0 Å². The molecule has 4 rings (SSSR count). The van der Waals surface area contributed by atoms with Gasteiger partial charge in [-0.3, -0.25) is 14.4 Å². The molecule has 31 heavy (non-hydrogen) atoms. The maximum Gasteiger partial charge on any atom is 0.229 e. The molecule has 3 amide bonds. The third-order valence-electron chi connectivity index (χ3n) is 5.69. The van der Waals surface area contributed by atoms with Crippen LogP contribution in [0.5, 0.6) is 11.5 Å². The van der Waals surface area contributed by atoms with Crippen molar-refractivity contribution < 1.29 is 23.9 Å². The Labute approximate surface area is 180 Å². The SMILES string of the molecule is COc1ccc(N2C[C@@H](C(=O)Nc3ccc(N4CCCC4=O)cc3)CC2=O)c(OC)c1. The fraction of sp³-hybridized carbons (Fsp3) is 0.348. The van der Waals surface area contributed by atoms with Crippen LogP contribution in [0.2, 0.25) is 0 Å². The van der Waals surface area contributed by atoms with E-state index in [1.165, 1.54) is 7.11 Å². The molecular formula is C23H25N3O5. The Balaban J connectivity index is 1.42. The van der Waals surface area contributed by atoms with E-state index in [4.69, 9.17) is 9.47 Å². The topological polar surface area (TPSA) is 88.2 Å². The summed E-state index contributed by atoms with van der Waals surface area (Å²) in [6.45, 7) is 0.993. The van der Waals surface area contributed by atoms with Crippen LogP contribution in [0.25, 0.3) is 0 Å². The van der Waals surface area contributed by atoms with E-state index in [2.05, 4.69) is 5.32 Å². The standard InChI is InChI=1S/C23H25N3O5/c1-30-18-9-10-19(20(13-18)31-2)26-14-15(12-22(26)28)23(29)24-16-5-7-17(8-6-16)25-11-3-4-21(25)27/h5-10,13,15H,3-4,11-12,14H2,1-2H3,(H,24,29)/t15-/m0/s1. The Morgan fingerprint density at radius 1 is 1.00 bits per heavy atom. The number of amides is 3. The van der Waals surface area contributed by atoms with Gasteiger partial charge in [0.05, 0.1) is 25.8 Å². The van der Waals surface area contributed by atoms with Crippen molar-refractivity contribution in [1.82, 2.24) is 0 Å². The van der Waals surface area contributed by atoms with Gasteiger partial charge in [-0.1, -0.05) is 0 Å². The molecule has 1 N–H and O–H groups in total. The lowest BCUT2D eigenvalue weighted by molar-refractivity contribution is -0.122. The summed E-state index contributed by atoms with van der Waals surface area (Å²) >= 11 is 0. The molecule has 0 bridgehead atoms. The number of hydrogen-bond acceptors (Lipinski definition) is 5. The van der Waals surface area contributed by atoms with E-state index < -0.39 is 5.92 Å². The third-order valence-corrected chi connectivity index (χ3v) is 5.69. The summed E-state index contributed by atoms with van der Waals surface area (Å²) in [5.74, 6) is 0.440. The van der Waals surface area contributed by atoms with Gasteiger partial charge in [0, 0.05) is 43.4 Å². The lowest BCUT2D eigenvalue weighted by atomic mass is 10.1. The van der Waals surface area contributed by atoms with Crippen LogP contribution in [0, 0.1) is 5.92 Å². The highest BCUT2D eigenvalue weighted by Gasteiger charge is 2.36. The van der Waals surface area contributed by atoms with E-state index in [0.29, 0.717) is 29.3 Å². The van der Waals surface area contributed by atoms with Crippen LogP contribution in [0.3, 0.4) is 0 Å². The van der Waals surface area contributed by atoms with Gasteiger partial charge in [0.15, 0.2) is 0 Å². The largest absolute Gasteiger partial charge is 0.497 e. The van der Waals surface area contributed by atoms with Gasteiger partial charge in [-0.15, -0.1) is 0 Å². The van der Waals surface area contributed by atoms with Crippen LogP contribution in [0.4, 0.5) is 17.1 Å². The van der Waals surface area contributed by atoms with E-state index in [0.717, 1.165) is 18.7 Å². The zero-order valence-electron chi connectivity index (χ0n) is 17.6. The van der Waals surface area contributed by atoms with Crippen LogP contribution in [0.15, 0.2) is 42.5 Å². The summed E-state index contributed by atoms with van der Waals surface area (Å²) in [5, 5.41) is 2.88. The fourth-order valence-electron chi connectivity index (χ4n) is 4.01. The summed E-state index contributed by atoms with van der Waals surface area (Å²) in [6.07, 6.45) is 1.56. The Hall–Kier alpha value is -3.55. The average Bonchev–Trinajstić information content (AvgIpc) is 3.39. The van der Waals surface area contributed by atoms with Crippen molar-refractivity contribution in [2.45, 2.75) is 19.3 Å². The van der Waals surface area contributed by atoms with Gasteiger partial charge < -0.3 is 24.6 Å². The summed E-state index contributed by atoms with van der Waals surface area (Å²) in [5.41, 5.74) is 2.07. The van der Waals surface area contributed by atoms with Crippen molar-refractivity contribution in [2.24, 2.45) is 5.92 Å². The van der Waals surface area contributed by atoms with Crippen molar-refractivity contribution in [3.63, 3.8) is 0 Å². The Bertz CT molecular complexity index is 1000. The summed E-state index contributed by atoms with van der Waals surface area (Å²) in [6, 6.07) is 12.4. The Morgan fingerprint density at radius 3 is 2.42 bits per heavy atom. The molecule has 2 fully saturated rings. The minimum atomic E-state index is -0.473. The predicted octanol–water partition coefficient (Wildman–Crippen LogP) is 2.82. The van der Waals surface area contributed by atoms with Gasteiger partial charge in [0.1, 0.15) is 11.5 Å². The number of rotatable bonds is 6. The molecule has 0 aliphatic carbocycles. The van der Waals surface area contributed by atoms with Gasteiger partial charge in [0.25, 0.3) is 0 Å². The van der Waals surface area contributed by atoms with Crippen molar-refractivity contribution in [2.75, 3.05) is 42.4 Å². The monoisotopic (exact) mass is 423 g/mol. The second-order valence-corrected chi connectivity index (χ2v) is 7.63. The molecule has 0 saturated carbocycles. The highest BCUT2D eigenvalue weighted by molar-refractivity contribution is 6.04. The highest BCUT2D eigenvalue weighted by atomic mass is 16.5. The minimum Gasteiger partial charge on any atom is -0.497 e. The minimum absolute atomic E-state index is 0.121. The Morgan fingerprint density at radius 2 is 1.77 bits per heavy atom. The van der Waals surface area contributed by atoms with Crippen LogP contribution in [-0.2, 0) is 14.4 Å². The second-order valence-electron chi connectivity index (χ2n) is 7.63. The molecule has 0 radical (unpaired) electrons. The summed E-state index contributed by atoms with van der Waals surface area (Å²) in [4.78, 5) is 40.6. The molecule has 2 aromatic carbocycles. The maximum absolute atomic E-state index is 12.8. The van der Waals surface area contributed by atoms with Crippen molar-refractivity contribution in [3.05, 3.63) is 42.5 Å². The average molecular weight is 423 g/mol. The lowest BCUT2D eigenvalue weighted by Crippen LogP contribution is -2.28.